The molecule has 1 heterocycles. The molecule has 3 N–H and O–H groups in total. The summed E-state index contributed by atoms with van der Waals surface area (Å²) in [7, 11) is 0. The van der Waals surface area contributed by atoms with E-state index in [-0.39, 0.29) is 11.3 Å². The van der Waals surface area contributed by atoms with Gasteiger partial charge in [-0.2, -0.15) is 26.3 Å². The van der Waals surface area contributed by atoms with Crippen LogP contribution >= 0.6 is 11.6 Å². The molecule has 38 heavy (non-hydrogen) atoms. The molecule has 0 atom stereocenters. The van der Waals surface area contributed by atoms with Crippen molar-refractivity contribution in [3.63, 3.8) is 0 Å². The highest BCUT2D eigenvalue weighted by Gasteiger charge is 2.38. The van der Waals surface area contributed by atoms with E-state index in [1.54, 1.807) is 24.3 Å². The Labute approximate surface area is 215 Å². The molecule has 0 bridgehead atoms. The number of anilines is 2. The van der Waals surface area contributed by atoms with E-state index in [9.17, 15) is 35.9 Å². The topological polar surface area (TPSA) is 108 Å². The molecule has 0 saturated heterocycles. The number of hydrogen-bond donors (Lipinski definition) is 3. The van der Waals surface area contributed by atoms with Crippen LogP contribution in [0.5, 0.6) is 0 Å². The normalized spacial score (nSPS) is 11.3. The summed E-state index contributed by atoms with van der Waals surface area (Å²) in [5.41, 5.74) is -0.0611. The lowest BCUT2D eigenvalue weighted by atomic mass is 10.1. The molecule has 0 aliphatic rings. The van der Waals surface area contributed by atoms with Crippen LogP contribution in [-0.4, -0.2) is 34.1 Å². The van der Waals surface area contributed by atoms with Crippen molar-refractivity contribution in [1.29, 1.82) is 0 Å². The first-order valence-electron chi connectivity index (χ1n) is 10.1. The third kappa shape index (κ3) is 9.93. The highest BCUT2D eigenvalue weighted by Crippen LogP contribution is 2.30. The van der Waals surface area contributed by atoms with E-state index < -0.39 is 35.7 Å². The van der Waals surface area contributed by atoms with Gasteiger partial charge in [0.2, 0.25) is 5.91 Å². The van der Waals surface area contributed by atoms with E-state index in [0.717, 1.165) is 12.1 Å². The number of alkyl halides is 6. The van der Waals surface area contributed by atoms with Gasteiger partial charge in [0, 0.05) is 23.5 Å². The molecular weight excluding hydrogens is 544 g/mol. The molecule has 2 amide bonds. The number of halogens is 7. The molecule has 7 nitrogen and oxygen atoms in total. The number of rotatable bonds is 5. The van der Waals surface area contributed by atoms with Gasteiger partial charge < -0.3 is 15.7 Å². The van der Waals surface area contributed by atoms with Crippen LogP contribution in [0.3, 0.4) is 0 Å². The number of aromatic nitrogens is 1. The van der Waals surface area contributed by atoms with E-state index in [1.807, 2.05) is 0 Å². The zero-order valence-electron chi connectivity index (χ0n) is 18.8. The van der Waals surface area contributed by atoms with E-state index in [0.29, 0.717) is 16.4 Å². The molecule has 0 aliphatic heterocycles. The predicted molar refractivity (Wildman–Crippen MR) is 126 cm³/mol. The monoisotopic (exact) mass is 559 g/mol. The Morgan fingerprint density at radius 1 is 0.895 bits per heavy atom. The summed E-state index contributed by atoms with van der Waals surface area (Å²) in [5.74, 6) is -3.45. The zero-order valence-corrected chi connectivity index (χ0v) is 19.5. The van der Waals surface area contributed by atoms with Crippen molar-refractivity contribution in [2.45, 2.75) is 12.4 Å². The summed E-state index contributed by atoms with van der Waals surface area (Å²) < 4.78 is 70.2. The Balaban J connectivity index is 0.000000638. The number of amides is 2. The number of carbonyl (C=O) groups excluding carboxylic acids is 2. The second-order valence-corrected chi connectivity index (χ2v) is 7.58. The molecule has 1 aromatic heterocycles. The van der Waals surface area contributed by atoms with Gasteiger partial charge in [0.1, 0.15) is 5.82 Å². The van der Waals surface area contributed by atoms with Crippen molar-refractivity contribution in [1.82, 2.24) is 4.98 Å². The summed E-state index contributed by atoms with van der Waals surface area (Å²) in [5, 5.41) is 12.6. The van der Waals surface area contributed by atoms with Crippen molar-refractivity contribution in [2.75, 3.05) is 10.6 Å². The predicted octanol–water partition coefficient (Wildman–Crippen LogP) is 6.29. The summed E-state index contributed by atoms with van der Waals surface area (Å²) in [4.78, 5) is 37.3. The lowest BCUT2D eigenvalue weighted by Gasteiger charge is -2.10. The Morgan fingerprint density at radius 3 is 2.13 bits per heavy atom. The number of hydrogen-bond acceptors (Lipinski definition) is 4. The highest BCUT2D eigenvalue weighted by atomic mass is 35.5. The number of aliphatic carboxylic acids is 1. The van der Waals surface area contributed by atoms with E-state index in [4.69, 9.17) is 21.5 Å². The van der Waals surface area contributed by atoms with Gasteiger partial charge in [-0.15, -0.1) is 0 Å². The van der Waals surface area contributed by atoms with E-state index >= 15 is 0 Å². The summed E-state index contributed by atoms with van der Waals surface area (Å²) in [6.45, 7) is 0. The third-order valence-corrected chi connectivity index (χ3v) is 4.47. The molecule has 2 aromatic carbocycles. The smallest absolute Gasteiger partial charge is 0.475 e. The number of carboxylic acid groups (broad SMARTS) is 1. The van der Waals surface area contributed by atoms with Crippen LogP contribution in [0.4, 0.5) is 37.8 Å². The van der Waals surface area contributed by atoms with Gasteiger partial charge in [-0.05, 0) is 54.1 Å². The van der Waals surface area contributed by atoms with Gasteiger partial charge in [0.15, 0.2) is 0 Å². The summed E-state index contributed by atoms with van der Waals surface area (Å²) in [6, 6.07) is 13.8. The molecule has 3 rings (SSSR count). The highest BCUT2D eigenvalue weighted by molar-refractivity contribution is 6.30. The summed E-state index contributed by atoms with van der Waals surface area (Å²) >= 11 is 5.74. The maximum atomic E-state index is 12.8. The molecular formula is C24H16ClF6N3O4. The fourth-order valence-electron chi connectivity index (χ4n) is 2.55. The molecule has 0 saturated carbocycles. The Bertz CT molecular complexity index is 1330. The average molecular weight is 560 g/mol. The molecule has 0 unspecified atom stereocenters. The number of benzene rings is 2. The van der Waals surface area contributed by atoms with Crippen molar-refractivity contribution in [2.24, 2.45) is 0 Å². The van der Waals surface area contributed by atoms with Gasteiger partial charge >= 0.3 is 18.3 Å². The van der Waals surface area contributed by atoms with Gasteiger partial charge in [-0.1, -0.05) is 29.8 Å². The van der Waals surface area contributed by atoms with Crippen molar-refractivity contribution < 1.29 is 45.8 Å². The van der Waals surface area contributed by atoms with Gasteiger partial charge in [-0.25, -0.2) is 9.78 Å². The minimum absolute atomic E-state index is 0.0237. The van der Waals surface area contributed by atoms with Crippen LogP contribution in [0, 0.1) is 0 Å². The fourth-order valence-corrected chi connectivity index (χ4v) is 2.66. The minimum Gasteiger partial charge on any atom is -0.475 e. The van der Waals surface area contributed by atoms with E-state index in [2.05, 4.69) is 15.6 Å². The van der Waals surface area contributed by atoms with Crippen LogP contribution in [0.2, 0.25) is 5.02 Å². The van der Waals surface area contributed by atoms with Crippen LogP contribution in [-0.2, 0) is 15.8 Å². The molecule has 0 fully saturated rings. The van der Waals surface area contributed by atoms with Gasteiger partial charge in [0.05, 0.1) is 10.6 Å². The van der Waals surface area contributed by atoms with Crippen LogP contribution < -0.4 is 10.6 Å². The first kappa shape index (κ1) is 29.8. The lowest BCUT2D eigenvalue weighted by molar-refractivity contribution is -0.192. The van der Waals surface area contributed by atoms with Crippen molar-refractivity contribution in [3.05, 3.63) is 94.6 Å². The van der Waals surface area contributed by atoms with Crippen molar-refractivity contribution >= 4 is 47.0 Å². The number of carbonyl (C=O) groups is 3. The number of nitrogens with zero attached hydrogens (tertiary/aromatic N) is 1. The number of nitrogens with one attached hydrogen (secondary N) is 2. The quantitative estimate of drug-likeness (QED) is 0.251. The standard InChI is InChI=1S/C22H15ClF3N3O2.C2HF3O2/c23-17-8-9-19(27-13-17)29-20(30)10-7-14-3-1-4-15(11-14)21(31)28-18-6-2-5-16(12-18)22(24,25)26;3-2(4,5)1(6)7/h1-13H,(H,28,31)(H,27,29,30);(H,6,7). The lowest BCUT2D eigenvalue weighted by Crippen LogP contribution is -2.21. The van der Waals surface area contributed by atoms with Crippen LogP contribution in [0.1, 0.15) is 21.5 Å². The SMILES string of the molecule is O=C(C=Cc1cccc(C(=O)Nc2cccc(C(F)(F)F)c2)c1)Nc1ccc(Cl)cn1.O=C(O)C(F)(F)F. The molecule has 0 radical (unpaired) electrons. The van der Waals surface area contributed by atoms with Crippen molar-refractivity contribution in [3.8, 4) is 0 Å². The zero-order chi connectivity index (χ0) is 28.5. The fraction of sp³-hybridized carbons (Fsp3) is 0.0833. The van der Waals surface area contributed by atoms with Crippen LogP contribution in [0.25, 0.3) is 6.08 Å². The maximum Gasteiger partial charge on any atom is 0.490 e. The summed E-state index contributed by atoms with van der Waals surface area (Å²) in [6.07, 6.45) is -5.44. The number of carboxylic acids is 1. The first-order valence-corrected chi connectivity index (χ1v) is 10.5. The van der Waals surface area contributed by atoms with Gasteiger partial charge in [0.25, 0.3) is 5.91 Å². The number of pyridine rings is 1. The Kier molecular flexibility index (Phi) is 9.99. The molecule has 3 aromatic rings. The molecule has 0 spiro atoms. The second-order valence-electron chi connectivity index (χ2n) is 7.15. The minimum atomic E-state index is -5.08. The third-order valence-electron chi connectivity index (χ3n) is 4.24. The first-order chi connectivity index (χ1) is 17.6. The largest absolute Gasteiger partial charge is 0.490 e. The van der Waals surface area contributed by atoms with Gasteiger partial charge in [-0.3, -0.25) is 9.59 Å². The Hall–Kier alpha value is -4.39. The van der Waals surface area contributed by atoms with Crippen LogP contribution in [0.15, 0.2) is 72.9 Å². The Morgan fingerprint density at radius 2 is 1.55 bits per heavy atom. The second kappa shape index (κ2) is 12.7. The molecule has 200 valence electrons. The average Bonchev–Trinajstić information content (AvgIpc) is 2.84. The molecule has 0 aliphatic carbocycles. The van der Waals surface area contributed by atoms with E-state index in [1.165, 1.54) is 42.6 Å². The maximum absolute atomic E-state index is 12.8. The molecule has 14 heteroatoms.